The number of anilines is 1. The summed E-state index contributed by atoms with van der Waals surface area (Å²) in [5.74, 6) is 0.769. The van der Waals surface area contributed by atoms with Crippen LogP contribution in [0, 0.1) is 20.8 Å². The molecule has 0 bridgehead atoms. The van der Waals surface area contributed by atoms with Crippen molar-refractivity contribution in [1.29, 1.82) is 0 Å². The molecule has 110 valence electrons. The van der Waals surface area contributed by atoms with Crippen LogP contribution >= 0.6 is 0 Å². The van der Waals surface area contributed by atoms with Crippen molar-refractivity contribution in [2.24, 2.45) is 0 Å². The van der Waals surface area contributed by atoms with Gasteiger partial charge in [-0.15, -0.1) is 0 Å². The first-order valence-electron chi connectivity index (χ1n) is 7.12. The fourth-order valence-corrected chi connectivity index (χ4v) is 2.07. The van der Waals surface area contributed by atoms with Gasteiger partial charge in [-0.2, -0.15) is 0 Å². The molecule has 0 spiro atoms. The number of nitrogens with one attached hydrogen (secondary N) is 1. The molecule has 0 unspecified atom stereocenters. The Labute approximate surface area is 126 Å². The summed E-state index contributed by atoms with van der Waals surface area (Å²) in [4.78, 5) is 11.9. The normalized spacial score (nSPS) is 10.2. The van der Waals surface area contributed by atoms with Gasteiger partial charge in [0.25, 0.3) is 0 Å². The molecule has 2 aromatic rings. The van der Waals surface area contributed by atoms with Crippen molar-refractivity contribution in [3.05, 3.63) is 59.2 Å². The van der Waals surface area contributed by atoms with Gasteiger partial charge in [-0.3, -0.25) is 4.79 Å². The van der Waals surface area contributed by atoms with Gasteiger partial charge in [0.15, 0.2) is 0 Å². The van der Waals surface area contributed by atoms with Crippen LogP contribution in [-0.2, 0) is 4.79 Å². The van der Waals surface area contributed by atoms with Crippen molar-refractivity contribution >= 4 is 11.6 Å². The molecule has 2 aromatic carbocycles. The summed E-state index contributed by atoms with van der Waals surface area (Å²) >= 11 is 0. The Morgan fingerprint density at radius 3 is 2.62 bits per heavy atom. The highest BCUT2D eigenvalue weighted by atomic mass is 16.5. The lowest BCUT2D eigenvalue weighted by Crippen LogP contribution is -2.16. The second-order valence-corrected chi connectivity index (χ2v) is 5.21. The minimum absolute atomic E-state index is 0.0312. The zero-order chi connectivity index (χ0) is 15.2. The van der Waals surface area contributed by atoms with Crippen LogP contribution in [0.3, 0.4) is 0 Å². The summed E-state index contributed by atoms with van der Waals surface area (Å²) in [7, 11) is 0. The molecule has 21 heavy (non-hydrogen) atoms. The van der Waals surface area contributed by atoms with Gasteiger partial charge in [0.1, 0.15) is 5.75 Å². The summed E-state index contributed by atoms with van der Waals surface area (Å²) in [5.41, 5.74) is 4.29. The monoisotopic (exact) mass is 283 g/mol. The summed E-state index contributed by atoms with van der Waals surface area (Å²) in [6.45, 7) is 6.43. The lowest BCUT2D eigenvalue weighted by Gasteiger charge is -2.11. The van der Waals surface area contributed by atoms with E-state index in [9.17, 15) is 4.79 Å². The Morgan fingerprint density at radius 1 is 1.10 bits per heavy atom. The number of amides is 1. The minimum Gasteiger partial charge on any atom is -0.493 e. The summed E-state index contributed by atoms with van der Waals surface area (Å²) in [6.07, 6.45) is 0.335. The second-order valence-electron chi connectivity index (χ2n) is 5.21. The predicted octanol–water partition coefficient (Wildman–Crippen LogP) is 4.02. The lowest BCUT2D eigenvalue weighted by atomic mass is 10.1. The molecule has 0 saturated carbocycles. The number of rotatable bonds is 5. The Morgan fingerprint density at radius 2 is 1.86 bits per heavy atom. The zero-order valence-corrected chi connectivity index (χ0v) is 12.8. The van der Waals surface area contributed by atoms with Gasteiger partial charge < -0.3 is 10.1 Å². The topological polar surface area (TPSA) is 38.3 Å². The van der Waals surface area contributed by atoms with Gasteiger partial charge in [-0.1, -0.05) is 24.3 Å². The van der Waals surface area contributed by atoms with E-state index in [-0.39, 0.29) is 5.91 Å². The van der Waals surface area contributed by atoms with Gasteiger partial charge in [-0.25, -0.2) is 0 Å². The summed E-state index contributed by atoms with van der Waals surface area (Å²) in [6, 6.07) is 13.7. The van der Waals surface area contributed by atoms with E-state index < -0.39 is 0 Å². The van der Waals surface area contributed by atoms with Crippen molar-refractivity contribution in [2.45, 2.75) is 27.2 Å². The molecule has 0 aliphatic heterocycles. The predicted molar refractivity (Wildman–Crippen MR) is 85.8 cm³/mol. The Kier molecular flexibility index (Phi) is 4.99. The smallest absolute Gasteiger partial charge is 0.227 e. The first kappa shape index (κ1) is 15.1. The number of benzene rings is 2. The van der Waals surface area contributed by atoms with Crippen molar-refractivity contribution in [3.63, 3.8) is 0 Å². The molecule has 0 aromatic heterocycles. The van der Waals surface area contributed by atoms with Gasteiger partial charge in [0, 0.05) is 5.69 Å². The van der Waals surface area contributed by atoms with E-state index >= 15 is 0 Å². The fourth-order valence-electron chi connectivity index (χ4n) is 2.07. The van der Waals surface area contributed by atoms with Crippen LogP contribution in [0.4, 0.5) is 5.69 Å². The Bertz CT molecular complexity index is 635. The molecule has 0 fully saturated rings. The first-order valence-corrected chi connectivity index (χ1v) is 7.12. The number of aryl methyl sites for hydroxylation is 2. The summed E-state index contributed by atoms with van der Waals surface area (Å²) in [5, 5.41) is 2.93. The van der Waals surface area contributed by atoms with Crippen LogP contribution in [0.5, 0.6) is 5.75 Å². The van der Waals surface area contributed by atoms with E-state index in [1.165, 1.54) is 5.56 Å². The highest BCUT2D eigenvalue weighted by Crippen LogP contribution is 2.18. The molecular formula is C18H21NO2. The van der Waals surface area contributed by atoms with E-state index in [0.717, 1.165) is 22.6 Å². The summed E-state index contributed by atoms with van der Waals surface area (Å²) < 4.78 is 5.59. The first-order chi connectivity index (χ1) is 10.1. The highest BCUT2D eigenvalue weighted by molar-refractivity contribution is 5.91. The molecular weight excluding hydrogens is 262 g/mol. The van der Waals surface area contributed by atoms with Gasteiger partial charge in [-0.05, 0) is 55.7 Å². The van der Waals surface area contributed by atoms with Gasteiger partial charge >= 0.3 is 0 Å². The van der Waals surface area contributed by atoms with Crippen LogP contribution in [0.25, 0.3) is 0 Å². The molecule has 0 atom stereocenters. The van der Waals surface area contributed by atoms with Crippen LogP contribution < -0.4 is 10.1 Å². The SMILES string of the molecule is Cc1cccc(OCCC(=O)Nc2cccc(C)c2C)c1. The average Bonchev–Trinajstić information content (AvgIpc) is 2.44. The maximum Gasteiger partial charge on any atom is 0.227 e. The number of carbonyl (C=O) groups is 1. The number of hydrogen-bond donors (Lipinski definition) is 1. The van der Waals surface area contributed by atoms with Gasteiger partial charge in [0.2, 0.25) is 5.91 Å². The average molecular weight is 283 g/mol. The number of hydrogen-bond acceptors (Lipinski definition) is 2. The molecule has 1 amide bonds. The molecule has 2 rings (SSSR count). The van der Waals surface area contributed by atoms with E-state index in [4.69, 9.17) is 4.74 Å². The highest BCUT2D eigenvalue weighted by Gasteiger charge is 2.06. The standard InChI is InChI=1S/C18H21NO2/c1-13-6-4-8-16(12-13)21-11-10-18(20)19-17-9-5-7-14(2)15(17)3/h4-9,12H,10-11H2,1-3H3,(H,19,20). The van der Waals surface area contributed by atoms with Crippen molar-refractivity contribution in [2.75, 3.05) is 11.9 Å². The van der Waals surface area contributed by atoms with Crippen LogP contribution in [0.15, 0.2) is 42.5 Å². The Balaban J connectivity index is 1.84. The van der Waals surface area contributed by atoms with E-state index in [2.05, 4.69) is 5.32 Å². The van der Waals surface area contributed by atoms with Gasteiger partial charge in [0.05, 0.1) is 13.0 Å². The third kappa shape index (κ3) is 4.35. The number of ether oxygens (including phenoxy) is 1. The van der Waals surface area contributed by atoms with Crippen LogP contribution in [-0.4, -0.2) is 12.5 Å². The lowest BCUT2D eigenvalue weighted by molar-refractivity contribution is -0.116. The quantitative estimate of drug-likeness (QED) is 0.900. The Hall–Kier alpha value is -2.29. The third-order valence-electron chi connectivity index (χ3n) is 3.47. The van der Waals surface area contributed by atoms with Crippen LogP contribution in [0.2, 0.25) is 0 Å². The zero-order valence-electron chi connectivity index (χ0n) is 12.8. The largest absolute Gasteiger partial charge is 0.493 e. The van der Waals surface area contributed by atoms with E-state index in [1.54, 1.807) is 0 Å². The maximum absolute atomic E-state index is 11.9. The molecule has 0 radical (unpaired) electrons. The molecule has 0 aliphatic carbocycles. The number of carbonyl (C=O) groups excluding carboxylic acids is 1. The minimum atomic E-state index is -0.0312. The maximum atomic E-state index is 11.9. The molecule has 3 nitrogen and oxygen atoms in total. The van der Waals surface area contributed by atoms with Crippen molar-refractivity contribution in [1.82, 2.24) is 0 Å². The van der Waals surface area contributed by atoms with Crippen molar-refractivity contribution in [3.8, 4) is 5.75 Å². The molecule has 0 aliphatic rings. The van der Waals surface area contributed by atoms with Crippen LogP contribution in [0.1, 0.15) is 23.1 Å². The molecule has 0 heterocycles. The molecule has 0 saturated heterocycles. The third-order valence-corrected chi connectivity index (χ3v) is 3.47. The molecule has 3 heteroatoms. The van der Waals surface area contributed by atoms with E-state index in [1.807, 2.05) is 63.2 Å². The fraction of sp³-hybridized carbons (Fsp3) is 0.278. The molecule has 1 N–H and O–H groups in total. The van der Waals surface area contributed by atoms with Crippen molar-refractivity contribution < 1.29 is 9.53 Å². The van der Waals surface area contributed by atoms with E-state index in [0.29, 0.717) is 13.0 Å². The second kappa shape index (κ2) is 6.93.